The first-order valence-corrected chi connectivity index (χ1v) is 5.47. The van der Waals surface area contributed by atoms with E-state index in [0.717, 1.165) is 18.2 Å². The normalized spacial score (nSPS) is 21.3. The van der Waals surface area contributed by atoms with Gasteiger partial charge in [-0.25, -0.2) is 9.97 Å². The van der Waals surface area contributed by atoms with Gasteiger partial charge in [0.05, 0.1) is 0 Å². The van der Waals surface area contributed by atoms with Gasteiger partial charge in [0.25, 0.3) is 0 Å². The molecule has 0 aliphatic carbocycles. The van der Waals surface area contributed by atoms with Crippen molar-refractivity contribution in [3.05, 3.63) is 18.5 Å². The summed E-state index contributed by atoms with van der Waals surface area (Å²) in [5.74, 6) is 0. The molecule has 1 N–H and O–H groups in total. The predicted molar refractivity (Wildman–Crippen MR) is 61.0 cm³/mol. The lowest BCUT2D eigenvalue weighted by molar-refractivity contribution is 0.530. The van der Waals surface area contributed by atoms with E-state index >= 15 is 0 Å². The molecule has 0 amide bonds. The summed E-state index contributed by atoms with van der Waals surface area (Å²) in [7, 11) is 0. The first kappa shape index (κ1) is 11.8. The van der Waals surface area contributed by atoms with Gasteiger partial charge in [0.2, 0.25) is 0 Å². The summed E-state index contributed by atoms with van der Waals surface area (Å²) < 4.78 is 0. The molecule has 5 heteroatoms. The topological polar surface area (TPSA) is 37.8 Å². The maximum absolute atomic E-state index is 4.20. The van der Waals surface area contributed by atoms with Crippen molar-refractivity contribution in [3.8, 4) is 0 Å². The van der Waals surface area contributed by atoms with Crippen LogP contribution < -0.4 is 5.32 Å². The van der Waals surface area contributed by atoms with E-state index in [-0.39, 0.29) is 12.4 Å². The number of thioether (sulfide) groups is 1. The van der Waals surface area contributed by atoms with Gasteiger partial charge in [-0.1, -0.05) is 11.8 Å². The van der Waals surface area contributed by atoms with E-state index in [1.807, 2.05) is 6.07 Å². The van der Waals surface area contributed by atoms with E-state index in [4.69, 9.17) is 0 Å². The summed E-state index contributed by atoms with van der Waals surface area (Å²) in [4.78, 5) is 8.39. The second kappa shape index (κ2) is 6.22. The number of piperidine rings is 1. The van der Waals surface area contributed by atoms with Crippen molar-refractivity contribution < 1.29 is 0 Å². The Morgan fingerprint density at radius 1 is 1.36 bits per heavy atom. The lowest BCUT2D eigenvalue weighted by atomic mass is 10.2. The summed E-state index contributed by atoms with van der Waals surface area (Å²) in [5, 5.41) is 4.93. The van der Waals surface area contributed by atoms with Gasteiger partial charge in [-0.15, -0.1) is 12.4 Å². The predicted octanol–water partition coefficient (Wildman–Crippen LogP) is 1.74. The van der Waals surface area contributed by atoms with E-state index in [0.29, 0.717) is 5.25 Å². The Balaban J connectivity index is 0.000000980. The minimum Gasteiger partial charge on any atom is -0.316 e. The van der Waals surface area contributed by atoms with Crippen LogP contribution in [0.4, 0.5) is 0 Å². The zero-order valence-electron chi connectivity index (χ0n) is 7.85. The third-order valence-electron chi connectivity index (χ3n) is 2.07. The Kier molecular flexibility index (Phi) is 5.22. The zero-order valence-corrected chi connectivity index (χ0v) is 9.48. The molecule has 0 bridgehead atoms. The SMILES string of the molecule is Cl.c1cnc(SC2CCCNC2)nc1. The summed E-state index contributed by atoms with van der Waals surface area (Å²) in [6.07, 6.45) is 6.14. The third-order valence-corrected chi connectivity index (χ3v) is 3.22. The molecule has 0 spiro atoms. The fourth-order valence-electron chi connectivity index (χ4n) is 1.42. The van der Waals surface area contributed by atoms with Crippen LogP contribution in [0.3, 0.4) is 0 Å². The number of halogens is 1. The maximum atomic E-state index is 4.20. The highest BCUT2D eigenvalue weighted by atomic mass is 35.5. The van der Waals surface area contributed by atoms with Crippen LogP contribution in [0, 0.1) is 0 Å². The van der Waals surface area contributed by atoms with Crippen LogP contribution in [-0.4, -0.2) is 28.3 Å². The number of rotatable bonds is 2. The molecule has 0 saturated carbocycles. The summed E-state index contributed by atoms with van der Waals surface area (Å²) in [5.41, 5.74) is 0. The third kappa shape index (κ3) is 3.44. The van der Waals surface area contributed by atoms with E-state index in [9.17, 15) is 0 Å². The average Bonchev–Trinajstić information content (AvgIpc) is 2.21. The fraction of sp³-hybridized carbons (Fsp3) is 0.556. The molecule has 14 heavy (non-hydrogen) atoms. The maximum Gasteiger partial charge on any atom is 0.187 e. The zero-order chi connectivity index (χ0) is 8.93. The summed E-state index contributed by atoms with van der Waals surface area (Å²) in [6, 6.07) is 1.85. The summed E-state index contributed by atoms with van der Waals surface area (Å²) >= 11 is 1.78. The fourth-order valence-corrected chi connectivity index (χ4v) is 2.44. The minimum absolute atomic E-state index is 0. The molecule has 1 aliphatic rings. The standard InChI is InChI=1S/C9H13N3S.ClH/c1-3-8(7-10-4-1)13-9-11-5-2-6-12-9;/h2,5-6,8,10H,1,3-4,7H2;1H. The Labute approximate surface area is 94.5 Å². The molecule has 1 aliphatic heterocycles. The van der Waals surface area contributed by atoms with E-state index in [2.05, 4.69) is 15.3 Å². The molecule has 0 radical (unpaired) electrons. The highest BCUT2D eigenvalue weighted by molar-refractivity contribution is 7.99. The number of hydrogen-bond donors (Lipinski definition) is 1. The first-order valence-electron chi connectivity index (χ1n) is 4.59. The van der Waals surface area contributed by atoms with Gasteiger partial charge in [-0.3, -0.25) is 0 Å². The van der Waals surface area contributed by atoms with Gasteiger partial charge in [0.1, 0.15) is 0 Å². The van der Waals surface area contributed by atoms with E-state index in [1.165, 1.54) is 12.8 Å². The van der Waals surface area contributed by atoms with Crippen molar-refractivity contribution >= 4 is 24.2 Å². The number of nitrogens with zero attached hydrogens (tertiary/aromatic N) is 2. The van der Waals surface area contributed by atoms with Crippen molar-refractivity contribution in [3.63, 3.8) is 0 Å². The van der Waals surface area contributed by atoms with Gasteiger partial charge in [-0.2, -0.15) is 0 Å². The van der Waals surface area contributed by atoms with Crippen LogP contribution in [0.25, 0.3) is 0 Å². The van der Waals surface area contributed by atoms with Gasteiger partial charge in [0, 0.05) is 24.2 Å². The summed E-state index contributed by atoms with van der Waals surface area (Å²) in [6.45, 7) is 2.25. The Hall–Kier alpha value is -0.320. The van der Waals surface area contributed by atoms with Crippen LogP contribution in [0.2, 0.25) is 0 Å². The molecule has 78 valence electrons. The molecule has 1 fully saturated rings. The Morgan fingerprint density at radius 3 is 2.79 bits per heavy atom. The van der Waals surface area contributed by atoms with Crippen molar-refractivity contribution in [1.29, 1.82) is 0 Å². The van der Waals surface area contributed by atoms with Gasteiger partial charge in [-0.05, 0) is 25.5 Å². The molecule has 1 saturated heterocycles. The monoisotopic (exact) mass is 231 g/mol. The molecule has 1 atom stereocenters. The van der Waals surface area contributed by atoms with Gasteiger partial charge in [0.15, 0.2) is 5.16 Å². The number of nitrogens with one attached hydrogen (secondary N) is 1. The smallest absolute Gasteiger partial charge is 0.187 e. The lowest BCUT2D eigenvalue weighted by Crippen LogP contribution is -2.31. The van der Waals surface area contributed by atoms with Crippen molar-refractivity contribution in [2.45, 2.75) is 23.2 Å². The van der Waals surface area contributed by atoms with Crippen LogP contribution >= 0.6 is 24.2 Å². The Bertz CT molecular complexity index is 251. The van der Waals surface area contributed by atoms with Crippen LogP contribution in [-0.2, 0) is 0 Å². The highest BCUT2D eigenvalue weighted by Crippen LogP contribution is 2.23. The number of hydrogen-bond acceptors (Lipinski definition) is 4. The van der Waals surface area contributed by atoms with Crippen molar-refractivity contribution in [2.24, 2.45) is 0 Å². The van der Waals surface area contributed by atoms with E-state index < -0.39 is 0 Å². The first-order chi connectivity index (χ1) is 6.45. The Morgan fingerprint density at radius 2 is 2.14 bits per heavy atom. The average molecular weight is 232 g/mol. The number of aromatic nitrogens is 2. The molecule has 1 aromatic heterocycles. The molecule has 2 rings (SSSR count). The highest BCUT2D eigenvalue weighted by Gasteiger charge is 2.14. The van der Waals surface area contributed by atoms with Gasteiger partial charge >= 0.3 is 0 Å². The molecule has 2 heterocycles. The molecular weight excluding hydrogens is 218 g/mol. The van der Waals surface area contributed by atoms with Crippen LogP contribution in [0.15, 0.2) is 23.6 Å². The molecule has 1 aromatic rings. The molecule has 0 aromatic carbocycles. The van der Waals surface area contributed by atoms with Gasteiger partial charge < -0.3 is 5.32 Å². The minimum atomic E-state index is 0. The van der Waals surface area contributed by atoms with E-state index in [1.54, 1.807) is 24.2 Å². The quantitative estimate of drug-likeness (QED) is 0.787. The molecular formula is C9H14ClN3S. The van der Waals surface area contributed by atoms with Crippen LogP contribution in [0.5, 0.6) is 0 Å². The van der Waals surface area contributed by atoms with Crippen molar-refractivity contribution in [2.75, 3.05) is 13.1 Å². The largest absolute Gasteiger partial charge is 0.316 e. The van der Waals surface area contributed by atoms with Crippen molar-refractivity contribution in [1.82, 2.24) is 15.3 Å². The second-order valence-electron chi connectivity index (χ2n) is 3.12. The van der Waals surface area contributed by atoms with Crippen LogP contribution in [0.1, 0.15) is 12.8 Å². The second-order valence-corrected chi connectivity index (χ2v) is 4.39. The molecule has 3 nitrogen and oxygen atoms in total. The molecule has 1 unspecified atom stereocenters. The lowest BCUT2D eigenvalue weighted by Gasteiger charge is -2.20.